The third-order valence-electron chi connectivity index (χ3n) is 4.07. The van der Waals surface area contributed by atoms with Crippen LogP contribution in [0.3, 0.4) is 0 Å². The molecule has 1 rings (SSSR count). The van der Waals surface area contributed by atoms with Gasteiger partial charge in [-0.25, -0.2) is 0 Å². The molecule has 18 heavy (non-hydrogen) atoms. The summed E-state index contributed by atoms with van der Waals surface area (Å²) in [4.78, 5) is 1.62. The highest BCUT2D eigenvalue weighted by atomic mass is 19.4. The lowest BCUT2D eigenvalue weighted by Gasteiger charge is -2.49. The van der Waals surface area contributed by atoms with E-state index in [1.807, 2.05) is 41.5 Å². The first-order valence-corrected chi connectivity index (χ1v) is 6.67. The molecule has 0 spiro atoms. The summed E-state index contributed by atoms with van der Waals surface area (Å²) in [6.45, 7) is 12.2. The van der Waals surface area contributed by atoms with Gasteiger partial charge in [-0.3, -0.25) is 4.90 Å². The average molecular weight is 265 g/mol. The fourth-order valence-electron chi connectivity index (χ4n) is 2.87. The Balaban J connectivity index is 2.94. The van der Waals surface area contributed by atoms with Gasteiger partial charge in [0.25, 0.3) is 0 Å². The number of hydrogen-bond acceptors (Lipinski definition) is 1. The van der Waals surface area contributed by atoms with Crippen LogP contribution in [-0.2, 0) is 0 Å². The molecule has 0 saturated carbocycles. The molecule has 0 aromatic heterocycles. The largest absolute Gasteiger partial charge is 0.404 e. The smallest absolute Gasteiger partial charge is 0.287 e. The van der Waals surface area contributed by atoms with Crippen molar-refractivity contribution in [2.75, 3.05) is 6.54 Å². The van der Waals surface area contributed by atoms with Crippen molar-refractivity contribution in [1.82, 2.24) is 4.90 Å². The molecule has 0 amide bonds. The van der Waals surface area contributed by atoms with Crippen LogP contribution >= 0.6 is 0 Å². The van der Waals surface area contributed by atoms with Crippen molar-refractivity contribution in [3.8, 4) is 0 Å². The van der Waals surface area contributed by atoms with Gasteiger partial charge in [-0.2, -0.15) is 13.2 Å². The summed E-state index contributed by atoms with van der Waals surface area (Å²) in [5.74, 6) is 0.141. The Morgan fingerprint density at radius 2 is 1.44 bits per heavy atom. The summed E-state index contributed by atoms with van der Waals surface area (Å²) in [5.41, 5.74) is -0.476. The summed E-state index contributed by atoms with van der Waals surface area (Å²) in [5, 5.41) is 0. The van der Waals surface area contributed by atoms with Crippen molar-refractivity contribution in [3.05, 3.63) is 0 Å². The Labute approximate surface area is 109 Å². The van der Waals surface area contributed by atoms with E-state index in [1.165, 1.54) is 0 Å². The molecular formula is C14H26F3N. The van der Waals surface area contributed by atoms with Gasteiger partial charge in [-0.1, -0.05) is 20.8 Å². The average Bonchev–Trinajstić information content (AvgIpc) is 2.12. The fourth-order valence-corrected chi connectivity index (χ4v) is 2.87. The van der Waals surface area contributed by atoms with E-state index in [0.29, 0.717) is 6.54 Å². The molecule has 1 unspecified atom stereocenters. The molecule has 2 atom stereocenters. The Bertz CT molecular complexity index is 283. The molecule has 0 N–H and O–H groups in total. The zero-order valence-electron chi connectivity index (χ0n) is 12.4. The minimum Gasteiger partial charge on any atom is -0.287 e. The van der Waals surface area contributed by atoms with E-state index in [9.17, 15) is 13.2 Å². The molecule has 0 aromatic rings. The number of nitrogens with zero attached hydrogens (tertiary/aromatic N) is 1. The van der Waals surface area contributed by atoms with Crippen molar-refractivity contribution in [2.45, 2.75) is 72.1 Å². The summed E-state index contributed by atoms with van der Waals surface area (Å²) in [6.07, 6.45) is -3.05. The van der Waals surface area contributed by atoms with Gasteiger partial charge in [-0.05, 0) is 51.5 Å². The van der Waals surface area contributed by atoms with Crippen molar-refractivity contribution in [3.63, 3.8) is 0 Å². The van der Waals surface area contributed by atoms with Gasteiger partial charge >= 0.3 is 6.18 Å². The molecule has 1 aliphatic rings. The molecule has 1 heterocycles. The predicted octanol–water partition coefficient (Wildman–Crippen LogP) is 4.47. The number of hydrogen-bond donors (Lipinski definition) is 0. The lowest BCUT2D eigenvalue weighted by Crippen LogP contribution is -2.58. The van der Waals surface area contributed by atoms with Gasteiger partial charge in [0.2, 0.25) is 0 Å². The van der Waals surface area contributed by atoms with Gasteiger partial charge in [0.1, 0.15) is 6.04 Å². The number of rotatable bonds is 0. The second-order valence-electron chi connectivity index (χ2n) is 7.51. The fraction of sp³-hybridized carbons (Fsp3) is 1.00. The van der Waals surface area contributed by atoms with Crippen LogP contribution in [0.1, 0.15) is 54.4 Å². The number of likely N-dealkylation sites (tertiary alicyclic amines) is 1. The molecule has 1 saturated heterocycles. The van der Waals surface area contributed by atoms with Crippen LogP contribution < -0.4 is 0 Å². The van der Waals surface area contributed by atoms with E-state index in [2.05, 4.69) is 0 Å². The molecule has 108 valence electrons. The zero-order chi connectivity index (χ0) is 14.4. The van der Waals surface area contributed by atoms with E-state index >= 15 is 0 Å². The highest BCUT2D eigenvalue weighted by Crippen LogP contribution is 2.43. The molecule has 1 fully saturated rings. The van der Waals surface area contributed by atoms with Crippen LogP contribution in [0, 0.1) is 11.3 Å². The standard InChI is InChI=1S/C14H26F3N/c1-12(2,3)10-7-8-18(13(4,5)6)11(9-10)14(15,16)17/h10-11H,7-9H2,1-6H3/t10?,11-/m1/s1. The lowest BCUT2D eigenvalue weighted by molar-refractivity contribution is -0.212. The maximum Gasteiger partial charge on any atom is 0.404 e. The van der Waals surface area contributed by atoms with Crippen LogP contribution in [0.25, 0.3) is 0 Å². The third kappa shape index (κ3) is 3.62. The molecular weight excluding hydrogens is 239 g/mol. The van der Waals surface area contributed by atoms with E-state index in [-0.39, 0.29) is 17.8 Å². The van der Waals surface area contributed by atoms with Gasteiger partial charge in [-0.15, -0.1) is 0 Å². The Kier molecular flexibility index (Phi) is 4.12. The molecule has 4 heteroatoms. The minimum atomic E-state index is -4.13. The highest BCUT2D eigenvalue weighted by Gasteiger charge is 2.50. The normalized spacial score (nSPS) is 28.5. The van der Waals surface area contributed by atoms with E-state index in [4.69, 9.17) is 0 Å². The summed E-state index contributed by atoms with van der Waals surface area (Å²) in [6, 6.07) is -1.30. The molecule has 1 nitrogen and oxygen atoms in total. The van der Waals surface area contributed by atoms with Crippen molar-refractivity contribution in [2.24, 2.45) is 11.3 Å². The monoisotopic (exact) mass is 265 g/mol. The first kappa shape index (κ1) is 15.8. The molecule has 1 aliphatic heterocycles. The summed E-state index contributed by atoms with van der Waals surface area (Å²) >= 11 is 0. The van der Waals surface area contributed by atoms with Crippen molar-refractivity contribution in [1.29, 1.82) is 0 Å². The van der Waals surface area contributed by atoms with Gasteiger partial charge in [0.15, 0.2) is 0 Å². The maximum absolute atomic E-state index is 13.2. The van der Waals surface area contributed by atoms with Crippen LogP contribution in [-0.4, -0.2) is 29.2 Å². The van der Waals surface area contributed by atoms with Gasteiger partial charge < -0.3 is 0 Å². The minimum absolute atomic E-state index is 0.0481. The molecule has 0 radical (unpaired) electrons. The predicted molar refractivity (Wildman–Crippen MR) is 68.5 cm³/mol. The Hall–Kier alpha value is -0.250. The molecule has 0 bridgehead atoms. The topological polar surface area (TPSA) is 3.24 Å². The third-order valence-corrected chi connectivity index (χ3v) is 4.07. The second kappa shape index (κ2) is 4.69. The van der Waals surface area contributed by atoms with Crippen molar-refractivity contribution >= 4 is 0 Å². The maximum atomic E-state index is 13.2. The number of piperidine rings is 1. The van der Waals surface area contributed by atoms with Gasteiger partial charge in [0, 0.05) is 5.54 Å². The van der Waals surface area contributed by atoms with E-state index in [1.54, 1.807) is 4.90 Å². The van der Waals surface area contributed by atoms with Gasteiger partial charge in [0.05, 0.1) is 0 Å². The van der Waals surface area contributed by atoms with Crippen molar-refractivity contribution < 1.29 is 13.2 Å². The van der Waals surface area contributed by atoms with Crippen LogP contribution in [0.2, 0.25) is 0 Å². The Morgan fingerprint density at radius 3 is 1.78 bits per heavy atom. The highest BCUT2D eigenvalue weighted by molar-refractivity contribution is 4.95. The number of alkyl halides is 3. The lowest BCUT2D eigenvalue weighted by atomic mass is 9.72. The van der Waals surface area contributed by atoms with E-state index in [0.717, 1.165) is 6.42 Å². The zero-order valence-corrected chi connectivity index (χ0v) is 12.4. The summed E-state index contributed by atoms with van der Waals surface area (Å²) in [7, 11) is 0. The van der Waals surface area contributed by atoms with Crippen LogP contribution in [0.15, 0.2) is 0 Å². The second-order valence-corrected chi connectivity index (χ2v) is 7.51. The quantitative estimate of drug-likeness (QED) is 0.624. The van der Waals surface area contributed by atoms with Crippen LogP contribution in [0.5, 0.6) is 0 Å². The first-order chi connectivity index (χ1) is 7.83. The Morgan fingerprint density at radius 1 is 0.944 bits per heavy atom. The summed E-state index contributed by atoms with van der Waals surface area (Å²) < 4.78 is 39.7. The number of halogens is 3. The first-order valence-electron chi connectivity index (χ1n) is 6.67. The van der Waals surface area contributed by atoms with Crippen LogP contribution in [0.4, 0.5) is 13.2 Å². The molecule has 0 aliphatic carbocycles. The SMILES string of the molecule is CC(C)(C)C1CCN(C(C)(C)C)[C@@H](C(F)(F)F)C1. The van der Waals surface area contributed by atoms with E-state index < -0.39 is 17.8 Å². The molecule has 0 aromatic carbocycles.